The van der Waals surface area contributed by atoms with Crippen LogP contribution in [0.3, 0.4) is 0 Å². The van der Waals surface area contributed by atoms with Crippen LogP contribution < -0.4 is 0 Å². The van der Waals surface area contributed by atoms with Crippen molar-refractivity contribution in [3.8, 4) is 0 Å². The quantitative estimate of drug-likeness (QED) is 0.506. The lowest BCUT2D eigenvalue weighted by Crippen LogP contribution is -2.23. The molecule has 0 aliphatic rings. The van der Waals surface area contributed by atoms with Gasteiger partial charge in [-0.2, -0.15) is 0 Å². The van der Waals surface area contributed by atoms with Crippen molar-refractivity contribution < 1.29 is 0 Å². The lowest BCUT2D eigenvalue weighted by Gasteiger charge is -2.32. The first-order valence-electron chi connectivity index (χ1n) is 7.31. The van der Waals surface area contributed by atoms with Gasteiger partial charge in [0, 0.05) is 0 Å². The summed E-state index contributed by atoms with van der Waals surface area (Å²) in [6.45, 7) is 16.7. The third-order valence-electron chi connectivity index (χ3n) is 4.03. The van der Waals surface area contributed by atoms with Gasteiger partial charge in [-0.15, -0.1) is 0 Å². The van der Waals surface area contributed by atoms with Crippen molar-refractivity contribution in [3.05, 3.63) is 0 Å². The van der Waals surface area contributed by atoms with E-state index in [9.17, 15) is 0 Å². The van der Waals surface area contributed by atoms with Crippen LogP contribution in [0.1, 0.15) is 80.6 Å². The van der Waals surface area contributed by atoms with Crippen molar-refractivity contribution in [2.45, 2.75) is 80.6 Å². The van der Waals surface area contributed by atoms with Gasteiger partial charge in [0.2, 0.25) is 0 Å². The molecule has 3 atom stereocenters. The molecule has 98 valence electrons. The first-order chi connectivity index (χ1) is 7.31. The highest BCUT2D eigenvalue weighted by Crippen LogP contribution is 2.34. The summed E-state index contributed by atoms with van der Waals surface area (Å²) in [6.07, 6.45) is 6.90. The fourth-order valence-electron chi connectivity index (χ4n) is 2.92. The molecule has 0 radical (unpaired) electrons. The molecule has 16 heavy (non-hydrogen) atoms. The van der Waals surface area contributed by atoms with Gasteiger partial charge in [-0.3, -0.25) is 0 Å². The second-order valence-electron chi connectivity index (χ2n) is 6.91. The van der Waals surface area contributed by atoms with Crippen molar-refractivity contribution in [1.82, 2.24) is 0 Å². The van der Waals surface area contributed by atoms with Crippen LogP contribution in [0.25, 0.3) is 0 Å². The van der Waals surface area contributed by atoms with E-state index in [0.29, 0.717) is 5.41 Å². The number of unbranched alkanes of at least 4 members (excludes halogenated alkanes) is 1. The summed E-state index contributed by atoms with van der Waals surface area (Å²) in [4.78, 5) is 0. The lowest BCUT2D eigenvalue weighted by molar-refractivity contribution is 0.181. The molecular formula is C16H34. The topological polar surface area (TPSA) is 0 Å². The van der Waals surface area contributed by atoms with Crippen LogP contribution in [0.5, 0.6) is 0 Å². The van der Waals surface area contributed by atoms with E-state index >= 15 is 0 Å². The summed E-state index contributed by atoms with van der Waals surface area (Å²) in [6, 6.07) is 0. The minimum atomic E-state index is 0.483. The number of hydrogen-bond acceptors (Lipinski definition) is 0. The SMILES string of the molecule is CCCCC(CC)C(C)C(C)CC(C)(C)C. The van der Waals surface area contributed by atoms with Crippen molar-refractivity contribution in [2.24, 2.45) is 23.2 Å². The summed E-state index contributed by atoms with van der Waals surface area (Å²) < 4.78 is 0. The maximum atomic E-state index is 2.47. The van der Waals surface area contributed by atoms with Crippen LogP contribution in [-0.2, 0) is 0 Å². The highest BCUT2D eigenvalue weighted by Gasteiger charge is 2.24. The molecule has 0 N–H and O–H groups in total. The molecule has 0 rings (SSSR count). The molecule has 0 aromatic rings. The Hall–Kier alpha value is 0. The normalized spacial score (nSPS) is 18.2. The van der Waals surface area contributed by atoms with Crippen LogP contribution in [0.2, 0.25) is 0 Å². The van der Waals surface area contributed by atoms with Crippen molar-refractivity contribution in [3.63, 3.8) is 0 Å². The molecule has 0 aromatic carbocycles. The predicted molar refractivity (Wildman–Crippen MR) is 75.7 cm³/mol. The Bertz CT molecular complexity index is 163. The van der Waals surface area contributed by atoms with E-state index in [1.165, 1.54) is 32.1 Å². The Morgan fingerprint density at radius 1 is 1.00 bits per heavy atom. The Balaban J connectivity index is 4.21. The van der Waals surface area contributed by atoms with Crippen LogP contribution in [-0.4, -0.2) is 0 Å². The molecule has 0 heterocycles. The number of rotatable bonds is 7. The third-order valence-corrected chi connectivity index (χ3v) is 4.03. The minimum Gasteiger partial charge on any atom is -0.0654 e. The van der Waals surface area contributed by atoms with E-state index in [1.54, 1.807) is 0 Å². The van der Waals surface area contributed by atoms with Crippen LogP contribution in [0.4, 0.5) is 0 Å². The molecule has 0 saturated heterocycles. The molecule has 0 fully saturated rings. The zero-order valence-electron chi connectivity index (χ0n) is 12.8. The van der Waals surface area contributed by atoms with Gasteiger partial charge in [-0.25, -0.2) is 0 Å². The van der Waals surface area contributed by atoms with E-state index < -0.39 is 0 Å². The first kappa shape index (κ1) is 16.0. The Morgan fingerprint density at radius 3 is 1.94 bits per heavy atom. The lowest BCUT2D eigenvalue weighted by atomic mass is 9.73. The molecule has 0 aliphatic carbocycles. The highest BCUT2D eigenvalue weighted by molar-refractivity contribution is 4.75. The van der Waals surface area contributed by atoms with Gasteiger partial charge in [0.15, 0.2) is 0 Å². The van der Waals surface area contributed by atoms with Gasteiger partial charge in [0.25, 0.3) is 0 Å². The summed E-state index contributed by atoms with van der Waals surface area (Å²) in [5, 5.41) is 0. The zero-order chi connectivity index (χ0) is 12.8. The summed E-state index contributed by atoms with van der Waals surface area (Å²) in [5.41, 5.74) is 0.483. The molecule has 0 heteroatoms. The standard InChI is InChI=1S/C16H34/c1-8-10-11-15(9-2)14(4)13(3)12-16(5,6)7/h13-15H,8-12H2,1-7H3. The molecule has 0 spiro atoms. The largest absolute Gasteiger partial charge is 0.0654 e. The molecule has 0 bridgehead atoms. The van der Waals surface area contributed by atoms with Gasteiger partial charge < -0.3 is 0 Å². The maximum absolute atomic E-state index is 2.47. The molecule has 0 saturated carbocycles. The molecular weight excluding hydrogens is 192 g/mol. The van der Waals surface area contributed by atoms with Gasteiger partial charge in [0.05, 0.1) is 0 Å². The Kier molecular flexibility index (Phi) is 7.35. The summed E-state index contributed by atoms with van der Waals surface area (Å²) >= 11 is 0. The zero-order valence-corrected chi connectivity index (χ0v) is 12.8. The molecule has 0 aromatic heterocycles. The van der Waals surface area contributed by atoms with Gasteiger partial charge in [-0.1, -0.05) is 74.1 Å². The van der Waals surface area contributed by atoms with Crippen molar-refractivity contribution >= 4 is 0 Å². The molecule has 3 unspecified atom stereocenters. The Morgan fingerprint density at radius 2 is 1.56 bits per heavy atom. The average molecular weight is 226 g/mol. The van der Waals surface area contributed by atoms with Crippen LogP contribution in [0.15, 0.2) is 0 Å². The third kappa shape index (κ3) is 6.55. The van der Waals surface area contributed by atoms with Crippen molar-refractivity contribution in [1.29, 1.82) is 0 Å². The fraction of sp³-hybridized carbons (Fsp3) is 1.00. The maximum Gasteiger partial charge on any atom is -0.0380 e. The first-order valence-corrected chi connectivity index (χ1v) is 7.31. The second-order valence-corrected chi connectivity index (χ2v) is 6.91. The average Bonchev–Trinajstić information content (AvgIpc) is 2.16. The molecule has 0 amide bonds. The second kappa shape index (κ2) is 7.35. The smallest absolute Gasteiger partial charge is 0.0380 e. The predicted octanol–water partition coefficient (Wildman–Crippen LogP) is 5.91. The van der Waals surface area contributed by atoms with Gasteiger partial charge in [-0.05, 0) is 29.6 Å². The Labute approximate surface area is 104 Å². The molecule has 0 aliphatic heterocycles. The minimum absolute atomic E-state index is 0.483. The highest BCUT2D eigenvalue weighted by atomic mass is 14.3. The molecule has 0 nitrogen and oxygen atoms in total. The van der Waals surface area contributed by atoms with Crippen molar-refractivity contribution in [2.75, 3.05) is 0 Å². The van der Waals surface area contributed by atoms with Gasteiger partial charge in [0.1, 0.15) is 0 Å². The van der Waals surface area contributed by atoms with Crippen LogP contribution >= 0.6 is 0 Å². The number of hydrogen-bond donors (Lipinski definition) is 0. The van der Waals surface area contributed by atoms with E-state index in [-0.39, 0.29) is 0 Å². The van der Waals surface area contributed by atoms with E-state index in [2.05, 4.69) is 48.5 Å². The van der Waals surface area contributed by atoms with E-state index in [4.69, 9.17) is 0 Å². The van der Waals surface area contributed by atoms with Gasteiger partial charge >= 0.3 is 0 Å². The fourth-order valence-corrected chi connectivity index (χ4v) is 2.92. The summed E-state index contributed by atoms with van der Waals surface area (Å²) in [5.74, 6) is 2.69. The van der Waals surface area contributed by atoms with Crippen LogP contribution in [0, 0.1) is 23.2 Å². The summed E-state index contributed by atoms with van der Waals surface area (Å²) in [7, 11) is 0. The monoisotopic (exact) mass is 226 g/mol. The van der Waals surface area contributed by atoms with E-state index in [1.807, 2.05) is 0 Å². The van der Waals surface area contributed by atoms with E-state index in [0.717, 1.165) is 17.8 Å².